The molecule has 6 nitrogen and oxygen atoms in total. The van der Waals surface area contributed by atoms with Crippen molar-refractivity contribution in [3.8, 4) is 0 Å². The van der Waals surface area contributed by atoms with Crippen LogP contribution in [0.2, 0.25) is 0 Å². The number of hydrogen-bond donors (Lipinski definition) is 0. The molecule has 2 aromatic carbocycles. The number of carbonyl (C=O) groups is 1. The van der Waals surface area contributed by atoms with E-state index in [4.69, 9.17) is 9.47 Å². The highest BCUT2D eigenvalue weighted by Gasteiger charge is 2.60. The van der Waals surface area contributed by atoms with Gasteiger partial charge >= 0.3 is 5.97 Å². The molecule has 148 valence electrons. The summed E-state index contributed by atoms with van der Waals surface area (Å²) in [5.41, 5.74) is -0.901. The van der Waals surface area contributed by atoms with Crippen LogP contribution in [-0.2, 0) is 19.9 Å². The first-order chi connectivity index (χ1) is 13.1. The maximum atomic E-state index is 13.2. The Morgan fingerprint density at radius 3 is 2.25 bits per heavy atom. The molecule has 3 rings (SSSR count). The number of nitro groups is 1. The molecule has 1 aliphatic rings. The van der Waals surface area contributed by atoms with Gasteiger partial charge in [-0.3, -0.25) is 10.1 Å². The van der Waals surface area contributed by atoms with Crippen LogP contribution in [0.3, 0.4) is 0 Å². The van der Waals surface area contributed by atoms with Gasteiger partial charge in [-0.05, 0) is 23.3 Å². The van der Waals surface area contributed by atoms with Crippen LogP contribution in [0.25, 0.3) is 0 Å². The molecule has 0 amide bonds. The fourth-order valence-corrected chi connectivity index (χ4v) is 3.65. The second-order valence-electron chi connectivity index (χ2n) is 7.94. The van der Waals surface area contributed by atoms with Gasteiger partial charge in [-0.2, -0.15) is 0 Å². The highest BCUT2D eigenvalue weighted by atomic mass is 79.9. The van der Waals surface area contributed by atoms with E-state index in [1.165, 1.54) is 0 Å². The van der Waals surface area contributed by atoms with E-state index >= 15 is 0 Å². The van der Waals surface area contributed by atoms with Gasteiger partial charge in [0.2, 0.25) is 18.4 Å². The zero-order valence-electron chi connectivity index (χ0n) is 15.9. The van der Waals surface area contributed by atoms with E-state index in [-0.39, 0.29) is 0 Å². The molecule has 0 N–H and O–H groups in total. The topological polar surface area (TPSA) is 78.7 Å². The van der Waals surface area contributed by atoms with Crippen LogP contribution in [0.15, 0.2) is 59.1 Å². The van der Waals surface area contributed by atoms with Crippen molar-refractivity contribution in [2.75, 3.05) is 6.54 Å². The molecule has 0 aliphatic carbocycles. The van der Waals surface area contributed by atoms with Gasteiger partial charge in [-0.25, -0.2) is 4.79 Å². The Kier molecular flexibility index (Phi) is 5.59. The Balaban J connectivity index is 2.20. The molecule has 1 saturated heterocycles. The van der Waals surface area contributed by atoms with Crippen molar-refractivity contribution < 1.29 is 19.2 Å². The van der Waals surface area contributed by atoms with Crippen LogP contribution < -0.4 is 0 Å². The largest absolute Gasteiger partial charge is 0.433 e. The molecule has 1 fully saturated rings. The van der Waals surface area contributed by atoms with Gasteiger partial charge in [0, 0.05) is 14.8 Å². The molecule has 0 saturated carbocycles. The molecule has 3 atom stereocenters. The van der Waals surface area contributed by atoms with E-state index in [0.29, 0.717) is 11.1 Å². The fraction of sp³-hybridized carbons (Fsp3) is 0.381. The lowest BCUT2D eigenvalue weighted by Gasteiger charge is -2.33. The number of carbonyl (C=O) groups excluding carboxylic acids is 1. The van der Waals surface area contributed by atoms with Crippen LogP contribution in [0, 0.1) is 15.5 Å². The number of rotatable bonds is 5. The van der Waals surface area contributed by atoms with E-state index in [0.717, 1.165) is 4.47 Å². The average molecular weight is 448 g/mol. The summed E-state index contributed by atoms with van der Waals surface area (Å²) in [5.74, 6) is -1.45. The Bertz CT molecular complexity index is 863. The van der Waals surface area contributed by atoms with Gasteiger partial charge in [0.05, 0.1) is 5.92 Å². The van der Waals surface area contributed by atoms with Gasteiger partial charge in [-0.1, -0.05) is 79.2 Å². The number of halogens is 1. The molecule has 1 aliphatic heterocycles. The molecular formula is C21H22BrNO5. The molecule has 0 radical (unpaired) electrons. The van der Waals surface area contributed by atoms with E-state index in [9.17, 15) is 14.9 Å². The Morgan fingerprint density at radius 1 is 1.14 bits per heavy atom. The van der Waals surface area contributed by atoms with Crippen molar-refractivity contribution in [1.82, 2.24) is 0 Å². The summed E-state index contributed by atoms with van der Waals surface area (Å²) >= 11 is 3.38. The lowest BCUT2D eigenvalue weighted by molar-refractivity contribution is -0.487. The molecule has 28 heavy (non-hydrogen) atoms. The summed E-state index contributed by atoms with van der Waals surface area (Å²) in [5, 5.41) is 11.6. The van der Waals surface area contributed by atoms with Gasteiger partial charge < -0.3 is 9.47 Å². The summed E-state index contributed by atoms with van der Waals surface area (Å²) < 4.78 is 12.7. The molecule has 0 unspecified atom stereocenters. The quantitative estimate of drug-likeness (QED) is 0.378. The van der Waals surface area contributed by atoms with E-state index in [1.54, 1.807) is 48.5 Å². The van der Waals surface area contributed by atoms with Gasteiger partial charge in [0.1, 0.15) is 0 Å². The highest BCUT2D eigenvalue weighted by Crippen LogP contribution is 2.49. The third kappa shape index (κ3) is 3.82. The zero-order valence-corrected chi connectivity index (χ0v) is 17.5. The molecule has 0 bridgehead atoms. The first-order valence-corrected chi connectivity index (χ1v) is 9.75. The summed E-state index contributed by atoms with van der Waals surface area (Å²) in [6.07, 6.45) is -0.815. The molecule has 0 spiro atoms. The summed E-state index contributed by atoms with van der Waals surface area (Å²) in [7, 11) is 0. The Hall–Kier alpha value is -2.25. The number of cyclic esters (lactones) is 1. The van der Waals surface area contributed by atoms with Crippen molar-refractivity contribution in [2.45, 2.75) is 38.6 Å². The molecule has 7 heteroatoms. The summed E-state index contributed by atoms with van der Waals surface area (Å²) in [6.45, 7) is 5.22. The van der Waals surface area contributed by atoms with Gasteiger partial charge in [0.25, 0.3) is 0 Å². The lowest BCUT2D eigenvalue weighted by atomic mass is 9.77. The number of nitrogens with zero attached hydrogens (tertiary/aromatic N) is 1. The van der Waals surface area contributed by atoms with Crippen molar-refractivity contribution in [1.29, 1.82) is 0 Å². The maximum Gasteiger partial charge on any atom is 0.346 e. The smallest absolute Gasteiger partial charge is 0.346 e. The number of esters is 1. The molecule has 0 aromatic heterocycles. The lowest BCUT2D eigenvalue weighted by Crippen LogP contribution is -2.43. The predicted octanol–water partition coefficient (Wildman–Crippen LogP) is 4.65. The van der Waals surface area contributed by atoms with Crippen LogP contribution in [-0.4, -0.2) is 23.7 Å². The highest BCUT2D eigenvalue weighted by molar-refractivity contribution is 9.10. The normalized spacial score (nSPS) is 23.3. The second-order valence-corrected chi connectivity index (χ2v) is 8.86. The average Bonchev–Trinajstić information content (AvgIpc) is 3.00. The first-order valence-electron chi connectivity index (χ1n) is 8.96. The number of hydrogen-bond acceptors (Lipinski definition) is 5. The summed E-state index contributed by atoms with van der Waals surface area (Å²) in [4.78, 5) is 24.4. The maximum absolute atomic E-state index is 13.2. The second kappa shape index (κ2) is 7.64. The third-order valence-electron chi connectivity index (χ3n) is 4.81. The van der Waals surface area contributed by atoms with E-state index in [1.807, 2.05) is 26.8 Å². The molecule has 1 heterocycles. The Labute approximate surface area is 172 Å². The minimum Gasteiger partial charge on any atom is -0.433 e. The third-order valence-corrected chi connectivity index (χ3v) is 5.34. The molecule has 2 aromatic rings. The van der Waals surface area contributed by atoms with Crippen LogP contribution in [0.1, 0.15) is 37.8 Å². The SMILES string of the molecule is CC(C)(C)[C@@H]1OC(=O)[C@@](c2ccccc2)([C@@H](C[N+](=O)[O-])c2ccc(Br)cc2)O1. The van der Waals surface area contributed by atoms with Gasteiger partial charge in [0.15, 0.2) is 0 Å². The number of benzene rings is 2. The van der Waals surface area contributed by atoms with Crippen molar-refractivity contribution >= 4 is 21.9 Å². The van der Waals surface area contributed by atoms with Crippen LogP contribution in [0.5, 0.6) is 0 Å². The minimum atomic E-state index is -1.60. The molecular weight excluding hydrogens is 426 g/mol. The minimum absolute atomic E-state index is 0.418. The fourth-order valence-electron chi connectivity index (χ4n) is 3.39. The zero-order chi connectivity index (χ0) is 20.5. The van der Waals surface area contributed by atoms with Crippen molar-refractivity contribution in [2.24, 2.45) is 5.41 Å². The standard InChI is InChI=1S/C21H22BrNO5/c1-20(2,3)19-27-18(24)21(28-19,15-7-5-4-6-8-15)17(13-23(25)26)14-9-11-16(22)12-10-14/h4-12,17,19H,13H2,1-3H3/t17-,19+,21+/m0/s1. The summed E-state index contributed by atoms with van der Waals surface area (Å²) in [6, 6.07) is 16.0. The number of ether oxygens (including phenoxy) is 2. The first kappa shape index (κ1) is 20.5. The van der Waals surface area contributed by atoms with Crippen molar-refractivity contribution in [3.63, 3.8) is 0 Å². The van der Waals surface area contributed by atoms with Crippen molar-refractivity contribution in [3.05, 3.63) is 80.3 Å². The Morgan fingerprint density at radius 2 is 1.75 bits per heavy atom. The van der Waals surface area contributed by atoms with Gasteiger partial charge in [-0.15, -0.1) is 0 Å². The van der Waals surface area contributed by atoms with E-state index < -0.39 is 40.7 Å². The van der Waals surface area contributed by atoms with E-state index in [2.05, 4.69) is 15.9 Å². The monoisotopic (exact) mass is 447 g/mol. The van der Waals surface area contributed by atoms with Crippen LogP contribution in [0.4, 0.5) is 0 Å². The predicted molar refractivity (Wildman–Crippen MR) is 107 cm³/mol. The van der Waals surface area contributed by atoms with Crippen LogP contribution >= 0.6 is 15.9 Å².